The lowest BCUT2D eigenvalue weighted by Crippen LogP contribution is -2.13. The summed E-state index contributed by atoms with van der Waals surface area (Å²) >= 11 is 0. The molecule has 5 nitrogen and oxygen atoms in total. The molecule has 0 bridgehead atoms. The van der Waals surface area contributed by atoms with Crippen molar-refractivity contribution in [1.29, 1.82) is 0 Å². The molecular weight excluding hydrogens is 282 g/mol. The molecule has 0 spiro atoms. The molecule has 1 aromatic rings. The monoisotopic (exact) mass is 311 g/mol. The molecule has 0 aliphatic rings. The minimum Gasteiger partial charge on any atom is -0.491 e. The van der Waals surface area contributed by atoms with Crippen LogP contribution in [0.3, 0.4) is 0 Å². The number of nitrogens with zero attached hydrogens (tertiary/aromatic N) is 1. The van der Waals surface area contributed by atoms with Gasteiger partial charge in [0, 0.05) is 26.9 Å². The van der Waals surface area contributed by atoms with Gasteiger partial charge in [-0.1, -0.05) is 0 Å². The van der Waals surface area contributed by atoms with E-state index in [9.17, 15) is 0 Å². The zero-order valence-corrected chi connectivity index (χ0v) is 14.5. The third-order valence-electron chi connectivity index (χ3n) is 3.24. The second-order valence-corrected chi connectivity index (χ2v) is 5.37. The van der Waals surface area contributed by atoms with E-state index in [-0.39, 0.29) is 0 Å². The lowest BCUT2D eigenvalue weighted by atomic mass is 10.1. The van der Waals surface area contributed by atoms with Gasteiger partial charge in [-0.15, -0.1) is 0 Å². The Morgan fingerprint density at radius 1 is 0.818 bits per heavy atom. The highest BCUT2D eigenvalue weighted by atomic mass is 16.6. The number of aryl methyl sites for hydroxylation is 2. The molecule has 22 heavy (non-hydrogen) atoms. The highest BCUT2D eigenvalue weighted by Crippen LogP contribution is 2.28. The number of benzene rings is 1. The molecule has 1 rings (SSSR count). The van der Waals surface area contributed by atoms with Gasteiger partial charge in [-0.2, -0.15) is 0 Å². The van der Waals surface area contributed by atoms with Crippen molar-refractivity contribution in [2.75, 3.05) is 65.7 Å². The molecule has 1 aromatic carbocycles. The van der Waals surface area contributed by atoms with Crippen molar-refractivity contribution >= 4 is 5.69 Å². The maximum absolute atomic E-state index is 5.84. The molecule has 0 aliphatic carbocycles. The standard InChI is InChI=1S/C17H29NO4/c1-14-12-16(18(3)4)13-15(2)17(14)22-11-10-21-9-8-20-7-6-19-5/h12-13H,6-11H2,1-5H3. The maximum Gasteiger partial charge on any atom is 0.125 e. The molecular formula is C17H29NO4. The van der Waals surface area contributed by atoms with Crippen LogP contribution in [0.5, 0.6) is 5.75 Å². The highest BCUT2D eigenvalue weighted by Gasteiger charge is 2.07. The average molecular weight is 311 g/mol. The lowest BCUT2D eigenvalue weighted by molar-refractivity contribution is 0.0179. The number of hydrogen-bond donors (Lipinski definition) is 0. The summed E-state index contributed by atoms with van der Waals surface area (Å²) in [5.74, 6) is 0.950. The summed E-state index contributed by atoms with van der Waals surface area (Å²) < 4.78 is 21.5. The van der Waals surface area contributed by atoms with Crippen LogP contribution in [-0.4, -0.2) is 60.8 Å². The summed E-state index contributed by atoms with van der Waals surface area (Å²) in [6.45, 7) is 7.61. The van der Waals surface area contributed by atoms with Crippen molar-refractivity contribution < 1.29 is 18.9 Å². The molecule has 0 saturated heterocycles. The first kappa shape index (κ1) is 18.7. The van der Waals surface area contributed by atoms with Crippen LogP contribution >= 0.6 is 0 Å². The predicted octanol–water partition coefficient (Wildman–Crippen LogP) is 2.43. The van der Waals surface area contributed by atoms with Gasteiger partial charge < -0.3 is 23.8 Å². The molecule has 0 heterocycles. The molecule has 0 radical (unpaired) electrons. The third kappa shape index (κ3) is 6.64. The lowest BCUT2D eigenvalue weighted by Gasteiger charge is -2.18. The molecule has 0 aliphatic heterocycles. The Kier molecular flexibility index (Phi) is 8.89. The molecule has 0 saturated carbocycles. The summed E-state index contributed by atoms with van der Waals surface area (Å²) in [5.41, 5.74) is 3.48. The van der Waals surface area contributed by atoms with Crippen molar-refractivity contribution in [2.24, 2.45) is 0 Å². The van der Waals surface area contributed by atoms with Crippen LogP contribution in [0.15, 0.2) is 12.1 Å². The zero-order chi connectivity index (χ0) is 16.4. The SMILES string of the molecule is COCCOCCOCCOc1c(C)cc(N(C)C)cc1C. The predicted molar refractivity (Wildman–Crippen MR) is 89.3 cm³/mol. The van der Waals surface area contributed by atoms with E-state index in [1.807, 2.05) is 14.1 Å². The van der Waals surface area contributed by atoms with Gasteiger partial charge in [0.05, 0.1) is 33.0 Å². The van der Waals surface area contributed by atoms with E-state index in [0.717, 1.165) is 16.9 Å². The second-order valence-electron chi connectivity index (χ2n) is 5.37. The Labute approximate surface area is 134 Å². The minimum absolute atomic E-state index is 0.543. The first-order valence-corrected chi connectivity index (χ1v) is 7.62. The van der Waals surface area contributed by atoms with E-state index >= 15 is 0 Å². The number of hydrogen-bond acceptors (Lipinski definition) is 5. The van der Waals surface area contributed by atoms with Crippen molar-refractivity contribution in [2.45, 2.75) is 13.8 Å². The van der Waals surface area contributed by atoms with Crippen LogP contribution in [0, 0.1) is 13.8 Å². The molecule has 0 amide bonds. The summed E-state index contributed by atoms with van der Waals surface area (Å²) in [6, 6.07) is 4.26. The van der Waals surface area contributed by atoms with E-state index in [4.69, 9.17) is 18.9 Å². The van der Waals surface area contributed by atoms with Crippen LogP contribution in [0.2, 0.25) is 0 Å². The molecule has 0 N–H and O–H groups in total. The van der Waals surface area contributed by atoms with Gasteiger partial charge in [0.1, 0.15) is 12.4 Å². The third-order valence-corrected chi connectivity index (χ3v) is 3.24. The summed E-state index contributed by atoms with van der Waals surface area (Å²) in [4.78, 5) is 2.09. The van der Waals surface area contributed by atoms with Crippen molar-refractivity contribution in [3.8, 4) is 5.75 Å². The fourth-order valence-corrected chi connectivity index (χ4v) is 2.08. The molecule has 0 aromatic heterocycles. The number of ether oxygens (including phenoxy) is 4. The van der Waals surface area contributed by atoms with Crippen LogP contribution in [0.4, 0.5) is 5.69 Å². The minimum atomic E-state index is 0.543. The van der Waals surface area contributed by atoms with Crippen molar-refractivity contribution in [1.82, 2.24) is 0 Å². The van der Waals surface area contributed by atoms with E-state index in [0.29, 0.717) is 39.6 Å². The molecule has 5 heteroatoms. The average Bonchev–Trinajstić information content (AvgIpc) is 2.47. The van der Waals surface area contributed by atoms with Crippen LogP contribution in [-0.2, 0) is 14.2 Å². The van der Waals surface area contributed by atoms with Gasteiger partial charge in [0.15, 0.2) is 0 Å². The first-order valence-electron chi connectivity index (χ1n) is 7.62. The Bertz CT molecular complexity index is 412. The number of methoxy groups -OCH3 is 1. The first-order chi connectivity index (χ1) is 10.6. The number of rotatable bonds is 11. The van der Waals surface area contributed by atoms with E-state index in [1.165, 1.54) is 5.69 Å². The van der Waals surface area contributed by atoms with Crippen LogP contribution < -0.4 is 9.64 Å². The fraction of sp³-hybridized carbons (Fsp3) is 0.647. The van der Waals surface area contributed by atoms with Gasteiger partial charge >= 0.3 is 0 Å². The smallest absolute Gasteiger partial charge is 0.125 e. The maximum atomic E-state index is 5.84. The van der Waals surface area contributed by atoms with Crippen molar-refractivity contribution in [3.05, 3.63) is 23.3 Å². The van der Waals surface area contributed by atoms with Gasteiger partial charge in [-0.05, 0) is 37.1 Å². The second kappa shape index (κ2) is 10.4. The summed E-state index contributed by atoms with van der Waals surface area (Å²) in [7, 11) is 5.74. The molecule has 0 unspecified atom stereocenters. The van der Waals surface area contributed by atoms with Gasteiger partial charge in [0.2, 0.25) is 0 Å². The summed E-state index contributed by atoms with van der Waals surface area (Å²) in [6.07, 6.45) is 0. The Balaban J connectivity index is 2.25. The van der Waals surface area contributed by atoms with Crippen molar-refractivity contribution in [3.63, 3.8) is 0 Å². The molecule has 0 atom stereocenters. The van der Waals surface area contributed by atoms with Gasteiger partial charge in [0.25, 0.3) is 0 Å². The Hall–Kier alpha value is -1.30. The largest absolute Gasteiger partial charge is 0.491 e. The van der Waals surface area contributed by atoms with Crippen LogP contribution in [0.1, 0.15) is 11.1 Å². The number of anilines is 1. The van der Waals surface area contributed by atoms with E-state index in [1.54, 1.807) is 7.11 Å². The normalized spacial score (nSPS) is 10.8. The van der Waals surface area contributed by atoms with Crippen LogP contribution in [0.25, 0.3) is 0 Å². The Morgan fingerprint density at radius 3 is 1.82 bits per heavy atom. The van der Waals surface area contributed by atoms with E-state index < -0.39 is 0 Å². The molecule has 0 fully saturated rings. The zero-order valence-electron chi connectivity index (χ0n) is 14.5. The van der Waals surface area contributed by atoms with E-state index in [2.05, 4.69) is 30.9 Å². The fourth-order valence-electron chi connectivity index (χ4n) is 2.08. The van der Waals surface area contributed by atoms with Gasteiger partial charge in [-0.3, -0.25) is 0 Å². The Morgan fingerprint density at radius 2 is 1.32 bits per heavy atom. The van der Waals surface area contributed by atoms with Gasteiger partial charge in [-0.25, -0.2) is 0 Å². The summed E-state index contributed by atoms with van der Waals surface area (Å²) in [5, 5.41) is 0. The topological polar surface area (TPSA) is 40.2 Å². The quantitative estimate of drug-likeness (QED) is 0.587. The molecule has 126 valence electrons. The highest BCUT2D eigenvalue weighted by molar-refractivity contribution is 5.55.